The summed E-state index contributed by atoms with van der Waals surface area (Å²) in [4.78, 5) is 19.1. The van der Waals surface area contributed by atoms with Crippen LogP contribution in [0.4, 0.5) is 0 Å². The van der Waals surface area contributed by atoms with Crippen molar-refractivity contribution in [3.63, 3.8) is 0 Å². The Morgan fingerprint density at radius 3 is 3.14 bits per heavy atom. The van der Waals surface area contributed by atoms with Gasteiger partial charge in [0.2, 0.25) is 0 Å². The Morgan fingerprint density at radius 2 is 2.33 bits per heavy atom. The maximum absolute atomic E-state index is 12.8. The molecule has 0 radical (unpaired) electrons. The van der Waals surface area contributed by atoms with E-state index >= 15 is 0 Å². The zero-order valence-electron chi connectivity index (χ0n) is 12.1. The van der Waals surface area contributed by atoms with E-state index in [0.717, 1.165) is 47.4 Å². The molecule has 0 bridgehead atoms. The van der Waals surface area contributed by atoms with Crippen LogP contribution in [0.25, 0.3) is 0 Å². The van der Waals surface area contributed by atoms with E-state index in [0.29, 0.717) is 6.54 Å². The van der Waals surface area contributed by atoms with Crippen LogP contribution in [-0.4, -0.2) is 26.9 Å². The Balaban J connectivity index is 1.84. The molecule has 0 unspecified atom stereocenters. The third-order valence-electron chi connectivity index (χ3n) is 3.80. The summed E-state index contributed by atoms with van der Waals surface area (Å²) < 4.78 is 2.99. The lowest BCUT2D eigenvalue weighted by Crippen LogP contribution is -2.37. The van der Waals surface area contributed by atoms with Crippen molar-refractivity contribution in [2.45, 2.75) is 32.9 Å². The number of aromatic nitrogens is 2. The standard InChI is InChI=1S/C16H18BrN3O/c1-2-7-19-11-13(17)9-15(19)16(21)20-8-5-14-12(10-20)4-3-6-18-14/h3-4,6,9,11H,2,5,7-8,10H2,1H3. The van der Waals surface area contributed by atoms with Crippen LogP contribution in [0.5, 0.6) is 0 Å². The molecule has 0 saturated carbocycles. The Kier molecular flexibility index (Phi) is 4.10. The number of amides is 1. The maximum Gasteiger partial charge on any atom is 0.270 e. The molecule has 0 aliphatic carbocycles. The molecule has 1 aliphatic heterocycles. The van der Waals surface area contributed by atoms with E-state index < -0.39 is 0 Å². The van der Waals surface area contributed by atoms with Crippen molar-refractivity contribution in [3.05, 3.63) is 52.0 Å². The Hall–Kier alpha value is -1.62. The molecule has 0 fully saturated rings. The summed E-state index contributed by atoms with van der Waals surface area (Å²) in [6.07, 6.45) is 5.64. The summed E-state index contributed by atoms with van der Waals surface area (Å²) in [6, 6.07) is 5.91. The van der Waals surface area contributed by atoms with Gasteiger partial charge in [-0.2, -0.15) is 0 Å². The average molecular weight is 348 g/mol. The zero-order valence-corrected chi connectivity index (χ0v) is 13.6. The summed E-state index contributed by atoms with van der Waals surface area (Å²) >= 11 is 3.47. The van der Waals surface area contributed by atoms with Gasteiger partial charge in [-0.1, -0.05) is 13.0 Å². The molecular weight excluding hydrogens is 330 g/mol. The molecule has 21 heavy (non-hydrogen) atoms. The molecule has 4 nitrogen and oxygen atoms in total. The summed E-state index contributed by atoms with van der Waals surface area (Å²) in [5, 5.41) is 0. The SMILES string of the molecule is CCCn1cc(Br)cc1C(=O)N1CCc2ncccc2C1. The van der Waals surface area contributed by atoms with E-state index in [9.17, 15) is 4.79 Å². The third kappa shape index (κ3) is 2.88. The van der Waals surface area contributed by atoms with Crippen molar-refractivity contribution in [2.24, 2.45) is 0 Å². The van der Waals surface area contributed by atoms with E-state index in [2.05, 4.69) is 33.9 Å². The highest BCUT2D eigenvalue weighted by Crippen LogP contribution is 2.21. The molecule has 3 rings (SSSR count). The fourth-order valence-electron chi connectivity index (χ4n) is 2.78. The first-order valence-electron chi connectivity index (χ1n) is 7.26. The molecule has 0 N–H and O–H groups in total. The van der Waals surface area contributed by atoms with Gasteiger partial charge in [0.25, 0.3) is 5.91 Å². The molecule has 0 aromatic carbocycles. The number of carbonyl (C=O) groups excluding carboxylic acids is 1. The van der Waals surface area contributed by atoms with Crippen LogP contribution in [0.15, 0.2) is 35.1 Å². The van der Waals surface area contributed by atoms with Crippen molar-refractivity contribution in [1.29, 1.82) is 0 Å². The highest BCUT2D eigenvalue weighted by molar-refractivity contribution is 9.10. The molecule has 1 aliphatic rings. The van der Waals surface area contributed by atoms with E-state index in [1.54, 1.807) is 0 Å². The average Bonchev–Trinajstić information content (AvgIpc) is 2.87. The van der Waals surface area contributed by atoms with Crippen LogP contribution >= 0.6 is 15.9 Å². The van der Waals surface area contributed by atoms with Crippen molar-refractivity contribution in [3.8, 4) is 0 Å². The summed E-state index contributed by atoms with van der Waals surface area (Å²) in [5.41, 5.74) is 3.03. The van der Waals surface area contributed by atoms with Crippen LogP contribution in [0.1, 0.15) is 35.1 Å². The highest BCUT2D eigenvalue weighted by atomic mass is 79.9. The second-order valence-electron chi connectivity index (χ2n) is 5.32. The molecule has 2 aromatic rings. The lowest BCUT2D eigenvalue weighted by atomic mass is 10.1. The minimum atomic E-state index is 0.101. The fourth-order valence-corrected chi connectivity index (χ4v) is 3.24. The van der Waals surface area contributed by atoms with Crippen molar-refractivity contribution < 1.29 is 4.79 Å². The number of nitrogens with zero attached hydrogens (tertiary/aromatic N) is 3. The van der Waals surface area contributed by atoms with E-state index in [1.807, 2.05) is 34.0 Å². The van der Waals surface area contributed by atoms with Gasteiger partial charge in [-0.05, 0) is 40.0 Å². The normalized spacial score (nSPS) is 14.1. The van der Waals surface area contributed by atoms with Gasteiger partial charge in [0.15, 0.2) is 0 Å². The predicted molar refractivity (Wildman–Crippen MR) is 85.1 cm³/mol. The molecule has 110 valence electrons. The van der Waals surface area contributed by atoms with E-state index in [4.69, 9.17) is 0 Å². The molecule has 5 heteroatoms. The van der Waals surface area contributed by atoms with Gasteiger partial charge in [0.05, 0.1) is 0 Å². The third-order valence-corrected chi connectivity index (χ3v) is 4.23. The fraction of sp³-hybridized carbons (Fsp3) is 0.375. The van der Waals surface area contributed by atoms with Crippen LogP contribution in [0, 0.1) is 0 Å². The number of aryl methyl sites for hydroxylation is 1. The molecule has 0 atom stereocenters. The minimum absolute atomic E-state index is 0.101. The number of carbonyl (C=O) groups is 1. The molecule has 0 spiro atoms. The van der Waals surface area contributed by atoms with Crippen LogP contribution in [-0.2, 0) is 19.5 Å². The second-order valence-corrected chi connectivity index (χ2v) is 6.24. The summed E-state index contributed by atoms with van der Waals surface area (Å²) in [6.45, 7) is 4.36. The first-order chi connectivity index (χ1) is 10.2. The monoisotopic (exact) mass is 347 g/mol. The number of rotatable bonds is 3. The molecule has 0 saturated heterocycles. The lowest BCUT2D eigenvalue weighted by Gasteiger charge is -2.28. The molecule has 2 aromatic heterocycles. The largest absolute Gasteiger partial charge is 0.342 e. The highest BCUT2D eigenvalue weighted by Gasteiger charge is 2.24. The van der Waals surface area contributed by atoms with Gasteiger partial charge < -0.3 is 9.47 Å². The molecule has 1 amide bonds. The van der Waals surface area contributed by atoms with Crippen LogP contribution in [0.2, 0.25) is 0 Å². The smallest absolute Gasteiger partial charge is 0.270 e. The Morgan fingerprint density at radius 1 is 1.48 bits per heavy atom. The topological polar surface area (TPSA) is 38.1 Å². The summed E-state index contributed by atoms with van der Waals surface area (Å²) in [7, 11) is 0. The van der Waals surface area contributed by atoms with Crippen LogP contribution < -0.4 is 0 Å². The number of hydrogen-bond donors (Lipinski definition) is 0. The Labute approximate surface area is 132 Å². The second kappa shape index (κ2) is 6.02. The van der Waals surface area contributed by atoms with Gasteiger partial charge >= 0.3 is 0 Å². The number of halogens is 1. The predicted octanol–water partition coefficient (Wildman–Crippen LogP) is 3.25. The van der Waals surface area contributed by atoms with Crippen LogP contribution in [0.3, 0.4) is 0 Å². The lowest BCUT2D eigenvalue weighted by molar-refractivity contribution is 0.0722. The first kappa shape index (κ1) is 14.3. The summed E-state index contributed by atoms with van der Waals surface area (Å²) in [5.74, 6) is 0.101. The zero-order chi connectivity index (χ0) is 14.8. The van der Waals surface area contributed by atoms with Gasteiger partial charge in [-0.15, -0.1) is 0 Å². The number of hydrogen-bond acceptors (Lipinski definition) is 2. The van der Waals surface area contributed by atoms with Crippen molar-refractivity contribution in [2.75, 3.05) is 6.54 Å². The molecular formula is C16H18BrN3O. The molecule has 3 heterocycles. The van der Waals surface area contributed by atoms with E-state index in [-0.39, 0.29) is 5.91 Å². The van der Waals surface area contributed by atoms with Gasteiger partial charge in [-0.3, -0.25) is 9.78 Å². The number of fused-ring (bicyclic) bond motifs is 1. The first-order valence-corrected chi connectivity index (χ1v) is 8.06. The maximum atomic E-state index is 12.8. The van der Waals surface area contributed by atoms with Gasteiger partial charge in [0, 0.05) is 48.6 Å². The van der Waals surface area contributed by atoms with Gasteiger partial charge in [-0.25, -0.2) is 0 Å². The van der Waals surface area contributed by atoms with Gasteiger partial charge in [0.1, 0.15) is 5.69 Å². The number of pyridine rings is 1. The minimum Gasteiger partial charge on any atom is -0.342 e. The quantitative estimate of drug-likeness (QED) is 0.854. The van der Waals surface area contributed by atoms with E-state index in [1.165, 1.54) is 0 Å². The Bertz CT molecular complexity index is 665. The van der Waals surface area contributed by atoms with Crippen molar-refractivity contribution in [1.82, 2.24) is 14.5 Å². The van der Waals surface area contributed by atoms with Crippen molar-refractivity contribution >= 4 is 21.8 Å².